The quantitative estimate of drug-likeness (QED) is 0.361. The molecule has 3 N–H and O–H groups in total. The molecule has 0 heterocycles. The number of aliphatic hydroxyl groups excluding tert-OH is 1. The molecule has 22 heavy (non-hydrogen) atoms. The summed E-state index contributed by atoms with van der Waals surface area (Å²) in [6.07, 6.45) is 15.1. The van der Waals surface area contributed by atoms with Gasteiger partial charge in [0.1, 0.15) is 0 Å². The van der Waals surface area contributed by atoms with E-state index in [4.69, 9.17) is 5.11 Å². The number of carbonyl (C=O) groups is 1. The summed E-state index contributed by atoms with van der Waals surface area (Å²) in [5.74, 6) is 0.154. The Morgan fingerprint density at radius 3 is 1.86 bits per heavy atom. The minimum Gasteiger partial charge on any atom is -0.395 e. The number of aliphatic hydroxyl groups is 1. The molecule has 0 saturated heterocycles. The number of carbonyl (C=O) groups excluding carboxylic acids is 1. The van der Waals surface area contributed by atoms with Gasteiger partial charge in [0.25, 0.3) is 0 Å². The molecule has 0 aromatic carbocycles. The molecule has 0 saturated carbocycles. The summed E-state index contributed by atoms with van der Waals surface area (Å²) in [6.45, 7) is 4.37. The Balaban J connectivity index is 3.10. The average Bonchev–Trinajstić information content (AvgIpc) is 2.52. The van der Waals surface area contributed by atoms with Crippen LogP contribution in [0, 0.1) is 0 Å². The molecule has 0 aromatic rings. The number of hydrogen-bond donors (Lipinski definition) is 3. The van der Waals surface area contributed by atoms with Gasteiger partial charge in [-0.1, -0.05) is 71.1 Å². The van der Waals surface area contributed by atoms with Crippen molar-refractivity contribution in [1.82, 2.24) is 10.6 Å². The number of amides is 1. The Kier molecular flexibility index (Phi) is 17.9. The van der Waals surface area contributed by atoms with E-state index in [9.17, 15) is 4.79 Å². The molecule has 0 aliphatic carbocycles. The van der Waals surface area contributed by atoms with Crippen LogP contribution in [0.4, 0.5) is 0 Å². The lowest BCUT2D eigenvalue weighted by molar-refractivity contribution is -0.121. The van der Waals surface area contributed by atoms with Crippen molar-refractivity contribution < 1.29 is 9.90 Å². The minimum atomic E-state index is 0.146. The smallest absolute Gasteiger partial charge is 0.220 e. The molecule has 4 heteroatoms. The van der Waals surface area contributed by atoms with Crippen molar-refractivity contribution in [3.63, 3.8) is 0 Å². The molecule has 132 valence electrons. The second-order valence-electron chi connectivity index (χ2n) is 6.11. The van der Waals surface area contributed by atoms with Crippen LogP contribution in [-0.2, 0) is 4.79 Å². The van der Waals surface area contributed by atoms with Gasteiger partial charge in [-0.25, -0.2) is 0 Å². The predicted octanol–water partition coefficient (Wildman–Crippen LogP) is 3.39. The van der Waals surface area contributed by atoms with Gasteiger partial charge in [-0.05, 0) is 6.42 Å². The van der Waals surface area contributed by atoms with Gasteiger partial charge in [0.2, 0.25) is 5.91 Å². The number of nitrogens with one attached hydrogen (secondary N) is 2. The third-order valence-electron chi connectivity index (χ3n) is 3.92. The van der Waals surface area contributed by atoms with Crippen molar-refractivity contribution in [2.75, 3.05) is 26.2 Å². The van der Waals surface area contributed by atoms with Crippen LogP contribution in [0.15, 0.2) is 0 Å². The molecule has 0 spiro atoms. The normalized spacial score (nSPS) is 10.8. The van der Waals surface area contributed by atoms with Crippen molar-refractivity contribution in [3.8, 4) is 0 Å². The molecule has 0 rings (SSSR count). The summed E-state index contributed by atoms with van der Waals surface area (Å²) in [7, 11) is 0. The Labute approximate surface area is 137 Å². The maximum atomic E-state index is 11.5. The molecular formula is C18H38N2O2. The topological polar surface area (TPSA) is 61.4 Å². The van der Waals surface area contributed by atoms with E-state index in [1.807, 2.05) is 0 Å². The number of unbranched alkanes of at least 4 members (excludes halogenated alkanes) is 10. The van der Waals surface area contributed by atoms with Crippen LogP contribution in [0.2, 0.25) is 0 Å². The maximum absolute atomic E-state index is 11.5. The van der Waals surface area contributed by atoms with Gasteiger partial charge in [0.05, 0.1) is 6.61 Å². The molecule has 0 fully saturated rings. The van der Waals surface area contributed by atoms with Gasteiger partial charge in [-0.3, -0.25) is 4.79 Å². The minimum absolute atomic E-state index is 0.146. The Morgan fingerprint density at radius 1 is 0.773 bits per heavy atom. The van der Waals surface area contributed by atoms with Crippen LogP contribution in [-0.4, -0.2) is 37.3 Å². The van der Waals surface area contributed by atoms with Crippen LogP contribution in [0.5, 0.6) is 0 Å². The molecule has 1 amide bonds. The predicted molar refractivity (Wildman–Crippen MR) is 94.0 cm³/mol. The highest BCUT2D eigenvalue weighted by atomic mass is 16.3. The Morgan fingerprint density at radius 2 is 1.32 bits per heavy atom. The fourth-order valence-corrected chi connectivity index (χ4v) is 2.53. The largest absolute Gasteiger partial charge is 0.395 e. The summed E-state index contributed by atoms with van der Waals surface area (Å²) in [6, 6.07) is 0. The Hall–Kier alpha value is -0.610. The summed E-state index contributed by atoms with van der Waals surface area (Å²) >= 11 is 0. The van der Waals surface area contributed by atoms with Gasteiger partial charge in [0, 0.05) is 26.1 Å². The lowest BCUT2D eigenvalue weighted by atomic mass is 10.1. The zero-order valence-electron chi connectivity index (χ0n) is 14.7. The highest BCUT2D eigenvalue weighted by Crippen LogP contribution is 2.11. The molecule has 4 nitrogen and oxygen atoms in total. The fraction of sp³-hybridized carbons (Fsp3) is 0.944. The second-order valence-corrected chi connectivity index (χ2v) is 6.11. The van der Waals surface area contributed by atoms with E-state index >= 15 is 0 Å². The highest BCUT2D eigenvalue weighted by molar-refractivity contribution is 5.75. The zero-order valence-corrected chi connectivity index (χ0v) is 14.7. The third-order valence-corrected chi connectivity index (χ3v) is 3.92. The zero-order chi connectivity index (χ0) is 16.3. The monoisotopic (exact) mass is 314 g/mol. The van der Waals surface area contributed by atoms with Crippen LogP contribution in [0.3, 0.4) is 0 Å². The molecule has 0 aromatic heterocycles. The first-order valence-electron chi connectivity index (χ1n) is 9.39. The first kappa shape index (κ1) is 21.4. The van der Waals surface area contributed by atoms with Crippen LogP contribution < -0.4 is 10.6 Å². The number of hydrogen-bond acceptors (Lipinski definition) is 3. The fourth-order valence-electron chi connectivity index (χ4n) is 2.53. The summed E-state index contributed by atoms with van der Waals surface area (Å²) in [5, 5.41) is 14.5. The first-order valence-corrected chi connectivity index (χ1v) is 9.39. The van der Waals surface area contributed by atoms with Crippen molar-refractivity contribution in [1.29, 1.82) is 0 Å². The van der Waals surface area contributed by atoms with Gasteiger partial charge in [-0.2, -0.15) is 0 Å². The van der Waals surface area contributed by atoms with E-state index in [0.717, 1.165) is 13.0 Å². The summed E-state index contributed by atoms with van der Waals surface area (Å²) < 4.78 is 0. The van der Waals surface area contributed by atoms with E-state index in [1.54, 1.807) is 0 Å². The summed E-state index contributed by atoms with van der Waals surface area (Å²) in [4.78, 5) is 11.5. The van der Waals surface area contributed by atoms with Gasteiger partial charge >= 0.3 is 0 Å². The van der Waals surface area contributed by atoms with E-state index in [1.165, 1.54) is 64.2 Å². The van der Waals surface area contributed by atoms with Gasteiger partial charge in [-0.15, -0.1) is 0 Å². The second kappa shape index (κ2) is 18.4. The molecule has 0 radical (unpaired) electrons. The highest BCUT2D eigenvalue weighted by Gasteiger charge is 2.00. The molecule has 0 bridgehead atoms. The van der Waals surface area contributed by atoms with E-state index in [-0.39, 0.29) is 12.5 Å². The van der Waals surface area contributed by atoms with E-state index in [0.29, 0.717) is 19.5 Å². The molecule has 0 atom stereocenters. The molecular weight excluding hydrogens is 276 g/mol. The third kappa shape index (κ3) is 17.4. The molecule has 0 aliphatic rings. The van der Waals surface area contributed by atoms with Crippen LogP contribution in [0.25, 0.3) is 0 Å². The van der Waals surface area contributed by atoms with Crippen LogP contribution >= 0.6 is 0 Å². The van der Waals surface area contributed by atoms with E-state index in [2.05, 4.69) is 17.6 Å². The lowest BCUT2D eigenvalue weighted by Gasteiger charge is -2.06. The number of rotatable bonds is 17. The van der Waals surface area contributed by atoms with Crippen molar-refractivity contribution in [2.24, 2.45) is 0 Å². The van der Waals surface area contributed by atoms with Gasteiger partial charge in [0.15, 0.2) is 0 Å². The van der Waals surface area contributed by atoms with Crippen LogP contribution in [0.1, 0.15) is 84.0 Å². The first-order chi connectivity index (χ1) is 10.8. The molecule has 0 unspecified atom stereocenters. The maximum Gasteiger partial charge on any atom is 0.220 e. The van der Waals surface area contributed by atoms with Gasteiger partial charge < -0.3 is 15.7 Å². The lowest BCUT2D eigenvalue weighted by Crippen LogP contribution is -2.32. The standard InChI is InChI=1S/C18H38N2O2/c1-2-3-4-5-6-7-8-9-10-11-12-13-18(22)20-15-14-19-16-17-21/h19,21H,2-17H2,1H3,(H,20,22). The average molecular weight is 315 g/mol. The molecule has 0 aliphatic heterocycles. The summed E-state index contributed by atoms with van der Waals surface area (Å²) in [5.41, 5.74) is 0. The Bertz CT molecular complexity index is 235. The SMILES string of the molecule is CCCCCCCCCCCCCC(=O)NCCNCCO. The van der Waals surface area contributed by atoms with Crippen molar-refractivity contribution in [3.05, 3.63) is 0 Å². The van der Waals surface area contributed by atoms with E-state index < -0.39 is 0 Å². The van der Waals surface area contributed by atoms with Crippen molar-refractivity contribution >= 4 is 5.91 Å². The van der Waals surface area contributed by atoms with Crippen molar-refractivity contribution in [2.45, 2.75) is 84.0 Å².